The van der Waals surface area contributed by atoms with Gasteiger partial charge in [0.05, 0.1) is 15.5 Å². The molecule has 0 saturated carbocycles. The Balaban J connectivity index is 1.52. The molecule has 7 nitrogen and oxygen atoms in total. The van der Waals surface area contributed by atoms with E-state index in [0.717, 1.165) is 11.3 Å². The summed E-state index contributed by atoms with van der Waals surface area (Å²) in [4.78, 5) is 15.7. The first kappa shape index (κ1) is 27.0. The number of amides is 1. The van der Waals surface area contributed by atoms with Crippen LogP contribution in [-0.2, 0) is 21.2 Å². The highest BCUT2D eigenvalue weighted by Gasteiger charge is 2.32. The fourth-order valence-corrected chi connectivity index (χ4v) is 6.41. The minimum Gasteiger partial charge on any atom is -0.293 e. The summed E-state index contributed by atoms with van der Waals surface area (Å²) in [6.45, 7) is 0.493. The van der Waals surface area contributed by atoms with Gasteiger partial charge in [-0.25, -0.2) is 17.4 Å². The second kappa shape index (κ2) is 11.3. The SMILES string of the molecule is CN(C)S(=O)(=O)c1cccc(-c2nn(-c3ccccc3)cc2/C=C2\SC(=S)N(CCc3ccccc3)C2=O)c1. The number of sulfonamides is 1. The maximum Gasteiger partial charge on any atom is 0.266 e. The van der Waals surface area contributed by atoms with E-state index in [9.17, 15) is 13.2 Å². The highest BCUT2D eigenvalue weighted by Crippen LogP contribution is 2.35. The molecule has 0 aliphatic carbocycles. The van der Waals surface area contributed by atoms with E-state index in [4.69, 9.17) is 17.3 Å². The number of aromatic nitrogens is 2. The van der Waals surface area contributed by atoms with Gasteiger partial charge in [0.15, 0.2) is 0 Å². The van der Waals surface area contributed by atoms with Gasteiger partial charge in [-0.2, -0.15) is 5.10 Å². The van der Waals surface area contributed by atoms with Crippen molar-refractivity contribution in [3.63, 3.8) is 0 Å². The molecule has 3 aromatic carbocycles. The van der Waals surface area contributed by atoms with E-state index >= 15 is 0 Å². The van der Waals surface area contributed by atoms with Crippen LogP contribution in [0.4, 0.5) is 0 Å². The molecule has 10 heteroatoms. The molecule has 39 heavy (non-hydrogen) atoms. The van der Waals surface area contributed by atoms with E-state index in [1.54, 1.807) is 33.9 Å². The highest BCUT2D eigenvalue weighted by molar-refractivity contribution is 8.26. The Labute approximate surface area is 237 Å². The average molecular weight is 575 g/mol. The zero-order chi connectivity index (χ0) is 27.6. The molecule has 1 aromatic heterocycles. The fourth-order valence-electron chi connectivity index (χ4n) is 4.16. The number of carbonyl (C=O) groups excluding carboxylic acids is 1. The van der Waals surface area contributed by atoms with Gasteiger partial charge in [-0.3, -0.25) is 9.69 Å². The van der Waals surface area contributed by atoms with Crippen LogP contribution in [0.1, 0.15) is 11.1 Å². The van der Waals surface area contributed by atoms with Crippen LogP contribution in [-0.4, -0.2) is 58.3 Å². The lowest BCUT2D eigenvalue weighted by atomic mass is 10.1. The number of hydrogen-bond acceptors (Lipinski definition) is 6. The molecule has 1 aliphatic rings. The van der Waals surface area contributed by atoms with Crippen molar-refractivity contribution >= 4 is 50.3 Å². The van der Waals surface area contributed by atoms with E-state index in [-0.39, 0.29) is 10.8 Å². The van der Waals surface area contributed by atoms with Gasteiger partial charge < -0.3 is 0 Å². The molecular weight excluding hydrogens is 549 g/mol. The number of benzene rings is 3. The van der Waals surface area contributed by atoms with Crippen molar-refractivity contribution in [2.24, 2.45) is 0 Å². The molecule has 1 amide bonds. The molecule has 0 radical (unpaired) electrons. The lowest BCUT2D eigenvalue weighted by Crippen LogP contribution is -2.30. The van der Waals surface area contributed by atoms with E-state index in [1.165, 1.54) is 30.2 Å². The lowest BCUT2D eigenvalue weighted by Gasteiger charge is -2.14. The summed E-state index contributed by atoms with van der Waals surface area (Å²) >= 11 is 6.81. The molecule has 1 fully saturated rings. The molecule has 0 bridgehead atoms. The largest absolute Gasteiger partial charge is 0.293 e. The maximum absolute atomic E-state index is 13.4. The van der Waals surface area contributed by atoms with Crippen molar-refractivity contribution in [1.29, 1.82) is 0 Å². The quantitative estimate of drug-likeness (QED) is 0.212. The topological polar surface area (TPSA) is 75.5 Å². The van der Waals surface area contributed by atoms with Crippen molar-refractivity contribution in [3.05, 3.63) is 107 Å². The zero-order valence-corrected chi connectivity index (χ0v) is 23.8. The first-order chi connectivity index (χ1) is 18.7. The molecular formula is C29H26N4O3S3. The summed E-state index contributed by atoms with van der Waals surface area (Å²) in [5.41, 5.74) is 3.84. The van der Waals surface area contributed by atoms with Crippen LogP contribution in [0.15, 0.2) is 101 Å². The summed E-state index contributed by atoms with van der Waals surface area (Å²) in [6, 6.07) is 26.3. The number of para-hydroxylation sites is 1. The Hall–Kier alpha value is -3.57. The van der Waals surface area contributed by atoms with Gasteiger partial charge in [0.25, 0.3) is 5.91 Å². The number of hydrogen-bond donors (Lipinski definition) is 0. The van der Waals surface area contributed by atoms with Crippen LogP contribution in [0.5, 0.6) is 0 Å². The summed E-state index contributed by atoms with van der Waals surface area (Å²) in [5.74, 6) is -0.150. The first-order valence-corrected chi connectivity index (χ1v) is 14.9. The van der Waals surface area contributed by atoms with Gasteiger partial charge >= 0.3 is 0 Å². The average Bonchev–Trinajstić information content (AvgIpc) is 3.48. The molecule has 0 N–H and O–H groups in total. The Kier molecular flexibility index (Phi) is 7.81. The van der Waals surface area contributed by atoms with Gasteiger partial charge in [-0.05, 0) is 42.3 Å². The third-order valence-corrected chi connectivity index (χ3v) is 9.47. The van der Waals surface area contributed by atoms with E-state index in [0.29, 0.717) is 39.0 Å². The fraction of sp³-hybridized carbons (Fsp3) is 0.138. The molecule has 5 rings (SSSR count). The Morgan fingerprint density at radius 1 is 0.974 bits per heavy atom. The number of carbonyl (C=O) groups is 1. The molecule has 198 valence electrons. The standard InChI is InChI=1S/C29H26N4O3S3/c1-31(2)39(35,36)25-15-9-12-22(18-25)27-23(20-33(30-27)24-13-7-4-8-14-24)19-26-28(34)32(29(37)38-26)17-16-21-10-5-3-6-11-21/h3-15,18-20H,16-17H2,1-2H3/b26-19-. The second-order valence-electron chi connectivity index (χ2n) is 9.10. The van der Waals surface area contributed by atoms with Crippen molar-refractivity contribution in [2.75, 3.05) is 20.6 Å². The smallest absolute Gasteiger partial charge is 0.266 e. The molecule has 0 spiro atoms. The molecule has 2 heterocycles. The van der Waals surface area contributed by atoms with E-state index in [2.05, 4.69) is 0 Å². The number of thioether (sulfide) groups is 1. The summed E-state index contributed by atoms with van der Waals surface area (Å²) in [6.07, 6.45) is 4.33. The second-order valence-corrected chi connectivity index (χ2v) is 12.9. The lowest BCUT2D eigenvalue weighted by molar-refractivity contribution is -0.122. The third-order valence-electron chi connectivity index (χ3n) is 6.28. The minimum absolute atomic E-state index is 0.150. The molecule has 0 unspecified atom stereocenters. The monoisotopic (exact) mass is 574 g/mol. The summed E-state index contributed by atoms with van der Waals surface area (Å²) in [7, 11) is -0.645. The first-order valence-electron chi connectivity index (χ1n) is 12.2. The van der Waals surface area contributed by atoms with Gasteiger partial charge in [0.2, 0.25) is 10.0 Å². The number of rotatable bonds is 8. The molecule has 0 atom stereocenters. The Morgan fingerprint density at radius 3 is 2.36 bits per heavy atom. The minimum atomic E-state index is -3.64. The van der Waals surface area contributed by atoms with Gasteiger partial charge in [-0.1, -0.05) is 84.6 Å². The molecule has 1 aliphatic heterocycles. The predicted octanol–water partition coefficient (Wildman–Crippen LogP) is 5.23. The van der Waals surface area contributed by atoms with Crippen molar-refractivity contribution in [3.8, 4) is 16.9 Å². The van der Waals surface area contributed by atoms with E-state index in [1.807, 2.05) is 72.9 Å². The number of nitrogens with zero attached hydrogens (tertiary/aromatic N) is 4. The maximum atomic E-state index is 13.4. The van der Waals surface area contributed by atoms with Crippen molar-refractivity contribution in [1.82, 2.24) is 19.0 Å². The van der Waals surface area contributed by atoms with Crippen molar-refractivity contribution in [2.45, 2.75) is 11.3 Å². The zero-order valence-electron chi connectivity index (χ0n) is 21.4. The summed E-state index contributed by atoms with van der Waals surface area (Å²) in [5, 5.41) is 4.80. The van der Waals surface area contributed by atoms with Gasteiger partial charge in [-0.15, -0.1) is 0 Å². The Morgan fingerprint density at radius 2 is 1.67 bits per heavy atom. The van der Waals surface area contributed by atoms with Crippen LogP contribution in [0.2, 0.25) is 0 Å². The molecule has 4 aromatic rings. The van der Waals surface area contributed by atoms with Crippen LogP contribution in [0, 0.1) is 0 Å². The highest BCUT2D eigenvalue weighted by atomic mass is 32.2. The van der Waals surface area contributed by atoms with Crippen LogP contribution < -0.4 is 0 Å². The van der Waals surface area contributed by atoms with E-state index < -0.39 is 10.0 Å². The predicted molar refractivity (Wildman–Crippen MR) is 160 cm³/mol. The van der Waals surface area contributed by atoms with Crippen LogP contribution in [0.25, 0.3) is 23.0 Å². The van der Waals surface area contributed by atoms with Crippen molar-refractivity contribution < 1.29 is 13.2 Å². The Bertz CT molecular complexity index is 1660. The number of thiocarbonyl (C=S) groups is 1. The van der Waals surface area contributed by atoms with Crippen LogP contribution >= 0.6 is 24.0 Å². The third kappa shape index (κ3) is 5.74. The normalized spacial score (nSPS) is 15.1. The van der Waals surface area contributed by atoms with Gasteiger partial charge in [0.1, 0.15) is 10.0 Å². The molecule has 1 saturated heterocycles. The van der Waals surface area contributed by atoms with Crippen LogP contribution in [0.3, 0.4) is 0 Å². The van der Waals surface area contributed by atoms with Gasteiger partial charge in [0, 0.05) is 38.0 Å². The summed E-state index contributed by atoms with van der Waals surface area (Å²) < 4.78 is 29.0.